The van der Waals surface area contributed by atoms with Crippen molar-refractivity contribution in [2.45, 2.75) is 59.3 Å². The average molecular weight is 278 g/mol. The van der Waals surface area contributed by atoms with Gasteiger partial charge in [0, 0.05) is 7.26 Å². The molecule has 0 saturated carbocycles. The molecule has 0 bridgehead atoms. The van der Waals surface area contributed by atoms with Gasteiger partial charge in [-0.25, -0.2) is 0 Å². The van der Waals surface area contributed by atoms with Gasteiger partial charge in [0.25, 0.3) is 0 Å². The second kappa shape index (κ2) is 12.7. The van der Waals surface area contributed by atoms with Gasteiger partial charge < -0.3 is 12.4 Å². The number of hydrogen-bond acceptors (Lipinski definition) is 1. The minimum Gasteiger partial charge on any atom is -1.00 e. The van der Waals surface area contributed by atoms with Crippen molar-refractivity contribution in [2.24, 2.45) is 0 Å². The van der Waals surface area contributed by atoms with E-state index in [1.807, 2.05) is 0 Å². The topological polar surface area (TPSA) is 23.8 Å². The van der Waals surface area contributed by atoms with E-state index < -0.39 is 7.26 Å². The van der Waals surface area contributed by atoms with Crippen molar-refractivity contribution in [1.29, 1.82) is 5.26 Å². The van der Waals surface area contributed by atoms with Crippen molar-refractivity contribution in [1.82, 2.24) is 0 Å². The average Bonchev–Trinajstić information content (AvgIpc) is 2.31. The standard InChI is InChI=1S/C14H29NP.ClH/c1-4-7-11-16(14-10-15,12-8-5-2)13-9-6-3;/h4-9,11-14H2,1-3H3;1H/q+1;/p-1. The largest absolute Gasteiger partial charge is 1.00 e. The van der Waals surface area contributed by atoms with E-state index in [2.05, 4.69) is 26.8 Å². The van der Waals surface area contributed by atoms with Crippen LogP contribution in [0.2, 0.25) is 0 Å². The Morgan fingerprint density at radius 3 is 1.41 bits per heavy atom. The molecule has 1 nitrogen and oxygen atoms in total. The van der Waals surface area contributed by atoms with E-state index in [0.29, 0.717) is 0 Å². The highest BCUT2D eigenvalue weighted by Crippen LogP contribution is 2.60. The predicted molar refractivity (Wildman–Crippen MR) is 76.7 cm³/mol. The van der Waals surface area contributed by atoms with Crippen LogP contribution in [0.4, 0.5) is 0 Å². The van der Waals surface area contributed by atoms with Crippen LogP contribution in [0.5, 0.6) is 0 Å². The summed E-state index contributed by atoms with van der Waals surface area (Å²) in [6.07, 6.45) is 12.9. The molecular weight excluding hydrogens is 249 g/mol. The summed E-state index contributed by atoms with van der Waals surface area (Å²) in [5.41, 5.74) is 0. The number of hydrogen-bond donors (Lipinski definition) is 0. The molecule has 0 saturated heterocycles. The molecule has 0 unspecified atom stereocenters. The lowest BCUT2D eigenvalue weighted by Crippen LogP contribution is -3.00. The molecule has 0 rings (SSSR count). The first-order valence-corrected chi connectivity index (χ1v) is 9.49. The molecule has 0 heterocycles. The van der Waals surface area contributed by atoms with Crippen LogP contribution in [0.25, 0.3) is 0 Å². The van der Waals surface area contributed by atoms with Gasteiger partial charge in [0.1, 0.15) is 12.2 Å². The van der Waals surface area contributed by atoms with E-state index in [-0.39, 0.29) is 12.4 Å². The van der Waals surface area contributed by atoms with Gasteiger partial charge in [0.05, 0.1) is 18.5 Å². The Bertz CT molecular complexity index is 179. The quantitative estimate of drug-likeness (QED) is 0.560. The summed E-state index contributed by atoms with van der Waals surface area (Å²) in [6, 6.07) is 2.48. The van der Waals surface area contributed by atoms with Gasteiger partial charge in [-0.1, -0.05) is 40.0 Å². The SMILES string of the molecule is CCCC[P+](CC#N)(CCCC)CCCC.[Cl-]. The van der Waals surface area contributed by atoms with Gasteiger partial charge in [-0.05, 0) is 19.3 Å². The van der Waals surface area contributed by atoms with Gasteiger partial charge in [0.15, 0.2) is 0 Å². The Hall–Kier alpha value is 0.210. The Kier molecular flexibility index (Phi) is 14.6. The van der Waals surface area contributed by atoms with Crippen molar-refractivity contribution >= 4 is 7.26 Å². The zero-order valence-corrected chi connectivity index (χ0v) is 13.5. The minimum atomic E-state index is -0.907. The van der Waals surface area contributed by atoms with Crippen molar-refractivity contribution in [3.05, 3.63) is 0 Å². The lowest BCUT2D eigenvalue weighted by molar-refractivity contribution is -0.00000399. The summed E-state index contributed by atoms with van der Waals surface area (Å²) in [4.78, 5) is 0. The van der Waals surface area contributed by atoms with Crippen LogP contribution < -0.4 is 12.4 Å². The summed E-state index contributed by atoms with van der Waals surface area (Å²) >= 11 is 0. The number of halogens is 1. The third-order valence-corrected chi connectivity index (χ3v) is 7.97. The normalized spacial score (nSPS) is 10.7. The Labute approximate surface area is 115 Å². The molecule has 0 radical (unpaired) electrons. The number of unbranched alkanes of at least 4 members (excludes halogenated alkanes) is 3. The molecule has 0 spiro atoms. The monoisotopic (exact) mass is 277 g/mol. The number of nitriles is 1. The second-order valence-electron chi connectivity index (χ2n) is 4.89. The van der Waals surface area contributed by atoms with Crippen LogP contribution >= 0.6 is 7.26 Å². The zero-order chi connectivity index (χ0) is 12.3. The Balaban J connectivity index is 0. The molecule has 0 atom stereocenters. The third kappa shape index (κ3) is 8.87. The molecule has 0 aromatic rings. The first-order valence-electron chi connectivity index (χ1n) is 6.96. The van der Waals surface area contributed by atoms with Crippen LogP contribution in [-0.2, 0) is 0 Å². The van der Waals surface area contributed by atoms with Gasteiger partial charge in [-0.2, -0.15) is 5.26 Å². The lowest BCUT2D eigenvalue weighted by atomic mass is 10.4. The highest BCUT2D eigenvalue weighted by Gasteiger charge is 2.34. The molecule has 0 fully saturated rings. The van der Waals surface area contributed by atoms with Crippen molar-refractivity contribution in [3.8, 4) is 6.07 Å². The maximum absolute atomic E-state index is 9.08. The van der Waals surface area contributed by atoms with Crippen LogP contribution in [-0.4, -0.2) is 24.6 Å². The van der Waals surface area contributed by atoms with E-state index >= 15 is 0 Å². The maximum atomic E-state index is 9.08. The van der Waals surface area contributed by atoms with E-state index in [9.17, 15) is 0 Å². The highest BCUT2D eigenvalue weighted by atomic mass is 35.5. The summed E-state index contributed by atoms with van der Waals surface area (Å²) in [7, 11) is -0.907. The molecule has 0 aromatic heterocycles. The zero-order valence-electron chi connectivity index (χ0n) is 11.8. The number of rotatable bonds is 10. The summed E-state index contributed by atoms with van der Waals surface area (Å²) in [5.74, 6) is 0. The Morgan fingerprint density at radius 1 is 0.824 bits per heavy atom. The molecule has 102 valence electrons. The summed E-state index contributed by atoms with van der Waals surface area (Å²) in [6.45, 7) is 6.79. The molecule has 0 aliphatic heterocycles. The first-order chi connectivity index (χ1) is 7.74. The molecule has 3 heteroatoms. The Morgan fingerprint density at radius 2 is 1.18 bits per heavy atom. The van der Waals surface area contributed by atoms with Gasteiger partial charge in [-0.3, -0.25) is 0 Å². The first kappa shape index (κ1) is 19.5. The molecule has 0 aliphatic rings. The molecule has 0 amide bonds. The van der Waals surface area contributed by atoms with Crippen LogP contribution in [0.3, 0.4) is 0 Å². The fourth-order valence-corrected chi connectivity index (χ4v) is 6.61. The van der Waals surface area contributed by atoms with Crippen LogP contribution in [0.1, 0.15) is 59.3 Å². The predicted octanol–water partition coefficient (Wildman–Crippen LogP) is 1.93. The molecular formula is C14H29ClNP. The van der Waals surface area contributed by atoms with Crippen molar-refractivity contribution in [3.63, 3.8) is 0 Å². The molecule has 17 heavy (non-hydrogen) atoms. The minimum absolute atomic E-state index is 0. The van der Waals surface area contributed by atoms with E-state index in [1.54, 1.807) is 0 Å². The van der Waals surface area contributed by atoms with Gasteiger partial charge in [0.2, 0.25) is 0 Å². The molecule has 0 aromatic carbocycles. The van der Waals surface area contributed by atoms with E-state index in [0.717, 1.165) is 6.16 Å². The molecule has 0 N–H and O–H groups in total. The fourth-order valence-electron chi connectivity index (χ4n) is 2.20. The lowest BCUT2D eigenvalue weighted by Gasteiger charge is -2.25. The maximum Gasteiger partial charge on any atom is 0.144 e. The summed E-state index contributed by atoms with van der Waals surface area (Å²) < 4.78 is 0. The van der Waals surface area contributed by atoms with Crippen LogP contribution in [0.15, 0.2) is 0 Å². The van der Waals surface area contributed by atoms with Crippen molar-refractivity contribution < 1.29 is 12.4 Å². The van der Waals surface area contributed by atoms with Crippen molar-refractivity contribution in [2.75, 3.05) is 24.6 Å². The summed E-state index contributed by atoms with van der Waals surface area (Å²) in [5, 5.41) is 9.08. The smallest absolute Gasteiger partial charge is 0.144 e. The van der Waals surface area contributed by atoms with E-state index in [1.165, 1.54) is 57.0 Å². The van der Waals surface area contributed by atoms with Gasteiger partial charge >= 0.3 is 0 Å². The van der Waals surface area contributed by atoms with Crippen LogP contribution in [0, 0.1) is 11.3 Å². The molecule has 0 aliphatic carbocycles. The second-order valence-corrected chi connectivity index (χ2v) is 9.23. The highest BCUT2D eigenvalue weighted by molar-refractivity contribution is 7.76. The van der Waals surface area contributed by atoms with E-state index in [4.69, 9.17) is 5.26 Å². The number of nitrogens with zero attached hydrogens (tertiary/aromatic N) is 1. The van der Waals surface area contributed by atoms with Gasteiger partial charge in [-0.15, -0.1) is 0 Å². The fraction of sp³-hybridized carbons (Fsp3) is 0.929. The third-order valence-electron chi connectivity index (χ3n) is 3.36.